The number of rotatable bonds is 4. The van der Waals surface area contributed by atoms with Crippen molar-refractivity contribution < 1.29 is 4.79 Å². The molecule has 2 aromatic carbocycles. The van der Waals surface area contributed by atoms with Crippen molar-refractivity contribution in [2.45, 2.75) is 19.9 Å². The summed E-state index contributed by atoms with van der Waals surface area (Å²) in [4.78, 5) is 23.5. The van der Waals surface area contributed by atoms with Crippen LogP contribution in [-0.2, 0) is 11.3 Å². The number of para-hydroxylation sites is 2. The molecule has 0 amide bonds. The van der Waals surface area contributed by atoms with Gasteiger partial charge in [-0.15, -0.1) is 0 Å². The molecule has 0 spiro atoms. The van der Waals surface area contributed by atoms with Crippen LogP contribution in [0.25, 0.3) is 16.7 Å². The third kappa shape index (κ3) is 2.44. The zero-order valence-corrected chi connectivity index (χ0v) is 12.7. The van der Waals surface area contributed by atoms with E-state index in [1.54, 1.807) is 21.3 Å². The van der Waals surface area contributed by atoms with Crippen molar-refractivity contribution in [2.24, 2.45) is 0 Å². The minimum Gasteiger partial charge on any atom is -0.303 e. The lowest BCUT2D eigenvalue weighted by atomic mass is 10.1. The second kappa shape index (κ2) is 5.93. The van der Waals surface area contributed by atoms with Gasteiger partial charge in [0.1, 0.15) is 6.29 Å². The Kier molecular flexibility index (Phi) is 3.82. The molecule has 0 atom stereocenters. The molecule has 1 heterocycles. The van der Waals surface area contributed by atoms with Crippen molar-refractivity contribution >= 4 is 17.3 Å². The Hall–Kier alpha value is -3.13. The summed E-state index contributed by atoms with van der Waals surface area (Å²) in [6.07, 6.45) is 1.10. The number of fused-ring (bicyclic) bond motifs is 1. The second-order valence-electron chi connectivity index (χ2n) is 5.32. The van der Waals surface area contributed by atoms with Crippen LogP contribution in [0.3, 0.4) is 0 Å². The van der Waals surface area contributed by atoms with Crippen LogP contribution in [0.2, 0.25) is 0 Å². The molecule has 0 N–H and O–H groups in total. The Bertz CT molecular complexity index is 990. The first-order chi connectivity index (χ1) is 11.2. The van der Waals surface area contributed by atoms with Crippen LogP contribution in [0.5, 0.6) is 0 Å². The minimum atomic E-state index is -0.183. The van der Waals surface area contributed by atoms with Gasteiger partial charge in [-0.2, -0.15) is 5.26 Å². The van der Waals surface area contributed by atoms with Gasteiger partial charge in [0.25, 0.3) is 0 Å². The molecule has 0 fully saturated rings. The van der Waals surface area contributed by atoms with Crippen LogP contribution in [0.1, 0.15) is 17.5 Å². The SMILES string of the molecule is Cc1cc(-n2c(=O)n(CCC=O)c3ccccc32)ccc1C#N. The molecule has 3 aromatic rings. The summed E-state index contributed by atoms with van der Waals surface area (Å²) in [6.45, 7) is 2.20. The van der Waals surface area contributed by atoms with E-state index in [4.69, 9.17) is 5.26 Å². The molecule has 114 valence electrons. The average molecular weight is 305 g/mol. The Morgan fingerprint density at radius 2 is 1.91 bits per heavy atom. The summed E-state index contributed by atoms with van der Waals surface area (Å²) in [5, 5.41) is 9.05. The van der Waals surface area contributed by atoms with Gasteiger partial charge in [-0.1, -0.05) is 12.1 Å². The van der Waals surface area contributed by atoms with Crippen LogP contribution in [0.4, 0.5) is 0 Å². The summed E-state index contributed by atoms with van der Waals surface area (Å²) in [5.74, 6) is 0. The zero-order valence-electron chi connectivity index (χ0n) is 12.7. The monoisotopic (exact) mass is 305 g/mol. The largest absolute Gasteiger partial charge is 0.333 e. The van der Waals surface area contributed by atoms with Crippen molar-refractivity contribution in [3.8, 4) is 11.8 Å². The van der Waals surface area contributed by atoms with Crippen LogP contribution >= 0.6 is 0 Å². The van der Waals surface area contributed by atoms with E-state index in [2.05, 4.69) is 6.07 Å². The number of nitrogens with zero attached hydrogens (tertiary/aromatic N) is 3. The number of aromatic nitrogens is 2. The number of aldehydes is 1. The smallest absolute Gasteiger partial charge is 0.303 e. The van der Waals surface area contributed by atoms with Gasteiger partial charge in [-0.05, 0) is 42.8 Å². The van der Waals surface area contributed by atoms with Crippen LogP contribution in [0, 0.1) is 18.3 Å². The van der Waals surface area contributed by atoms with E-state index in [9.17, 15) is 9.59 Å². The molecule has 0 unspecified atom stereocenters. The third-order valence-electron chi connectivity index (χ3n) is 3.89. The summed E-state index contributed by atoms with van der Waals surface area (Å²) in [5.41, 5.74) is 3.52. The number of nitriles is 1. The second-order valence-corrected chi connectivity index (χ2v) is 5.32. The standard InChI is InChI=1S/C18H15N3O2/c1-13-11-15(8-7-14(13)12-19)21-17-6-3-2-5-16(17)20(18(21)23)9-4-10-22/h2-3,5-8,10-11H,4,9H2,1H3. The van der Waals surface area contributed by atoms with Crippen LogP contribution in [-0.4, -0.2) is 15.4 Å². The van der Waals surface area contributed by atoms with Crippen molar-refractivity contribution in [1.82, 2.24) is 9.13 Å². The highest BCUT2D eigenvalue weighted by Crippen LogP contribution is 2.20. The average Bonchev–Trinajstić information content (AvgIpc) is 2.84. The van der Waals surface area contributed by atoms with Gasteiger partial charge in [-0.25, -0.2) is 4.79 Å². The van der Waals surface area contributed by atoms with Crippen molar-refractivity contribution in [3.05, 3.63) is 64.1 Å². The molecule has 0 radical (unpaired) electrons. The first-order valence-corrected chi connectivity index (χ1v) is 7.32. The predicted octanol–water partition coefficient (Wildman–Crippen LogP) is 2.56. The number of hydrogen-bond donors (Lipinski definition) is 0. The number of hydrogen-bond acceptors (Lipinski definition) is 3. The van der Waals surface area contributed by atoms with Crippen molar-refractivity contribution in [3.63, 3.8) is 0 Å². The fraction of sp³-hybridized carbons (Fsp3) is 0.167. The van der Waals surface area contributed by atoms with Crippen LogP contribution < -0.4 is 5.69 Å². The fourth-order valence-electron chi connectivity index (χ4n) is 2.77. The van der Waals surface area contributed by atoms with E-state index < -0.39 is 0 Å². The Morgan fingerprint density at radius 1 is 1.17 bits per heavy atom. The highest BCUT2D eigenvalue weighted by atomic mass is 16.1. The van der Waals surface area contributed by atoms with Crippen molar-refractivity contribution in [1.29, 1.82) is 5.26 Å². The fourth-order valence-corrected chi connectivity index (χ4v) is 2.77. The summed E-state index contributed by atoms with van der Waals surface area (Å²) < 4.78 is 3.23. The molecule has 0 saturated carbocycles. The Morgan fingerprint density at radius 3 is 2.57 bits per heavy atom. The molecule has 0 saturated heterocycles. The van der Waals surface area contributed by atoms with E-state index in [1.807, 2.05) is 37.3 Å². The highest BCUT2D eigenvalue weighted by molar-refractivity contribution is 5.78. The predicted molar refractivity (Wildman–Crippen MR) is 87.7 cm³/mol. The van der Waals surface area contributed by atoms with Gasteiger partial charge < -0.3 is 4.79 Å². The van der Waals surface area contributed by atoms with Gasteiger partial charge in [0.2, 0.25) is 0 Å². The molecule has 5 nitrogen and oxygen atoms in total. The van der Waals surface area contributed by atoms with E-state index in [0.29, 0.717) is 24.2 Å². The zero-order chi connectivity index (χ0) is 16.4. The van der Waals surface area contributed by atoms with Gasteiger partial charge in [0, 0.05) is 13.0 Å². The molecule has 5 heteroatoms. The number of carbonyl (C=O) groups excluding carboxylic acids is 1. The van der Waals surface area contributed by atoms with Crippen LogP contribution in [0.15, 0.2) is 47.3 Å². The molecule has 0 bridgehead atoms. The molecule has 0 aliphatic rings. The van der Waals surface area contributed by atoms with Crippen molar-refractivity contribution in [2.75, 3.05) is 0 Å². The topological polar surface area (TPSA) is 67.8 Å². The Labute approximate surface area is 133 Å². The summed E-state index contributed by atoms with van der Waals surface area (Å²) in [6, 6.07) is 14.9. The lowest BCUT2D eigenvalue weighted by molar-refractivity contribution is -0.108. The number of aryl methyl sites for hydroxylation is 2. The maximum Gasteiger partial charge on any atom is 0.333 e. The maximum absolute atomic E-state index is 12.8. The highest BCUT2D eigenvalue weighted by Gasteiger charge is 2.14. The first-order valence-electron chi connectivity index (χ1n) is 7.32. The number of benzene rings is 2. The van der Waals surface area contributed by atoms with Gasteiger partial charge in [0.05, 0.1) is 28.4 Å². The normalized spacial score (nSPS) is 10.6. The molecule has 3 rings (SSSR count). The first kappa shape index (κ1) is 14.8. The van der Waals surface area contributed by atoms with Gasteiger partial charge in [-0.3, -0.25) is 9.13 Å². The van der Waals surface area contributed by atoms with Gasteiger partial charge >= 0.3 is 5.69 Å². The maximum atomic E-state index is 12.8. The van der Waals surface area contributed by atoms with Gasteiger partial charge in [0.15, 0.2) is 0 Å². The number of carbonyl (C=O) groups is 1. The number of imidazole rings is 1. The van der Waals surface area contributed by atoms with E-state index in [0.717, 1.165) is 22.9 Å². The molecular weight excluding hydrogens is 290 g/mol. The molecule has 1 aromatic heterocycles. The van der Waals surface area contributed by atoms with E-state index in [1.165, 1.54) is 0 Å². The quantitative estimate of drug-likeness (QED) is 0.696. The molecule has 23 heavy (non-hydrogen) atoms. The van der Waals surface area contributed by atoms with E-state index >= 15 is 0 Å². The summed E-state index contributed by atoms with van der Waals surface area (Å²) in [7, 11) is 0. The lowest BCUT2D eigenvalue weighted by Gasteiger charge is -2.05. The molecular formula is C18H15N3O2. The molecule has 0 aliphatic heterocycles. The third-order valence-corrected chi connectivity index (χ3v) is 3.89. The Balaban J connectivity index is 2.28. The van der Waals surface area contributed by atoms with E-state index in [-0.39, 0.29) is 5.69 Å². The lowest BCUT2D eigenvalue weighted by Crippen LogP contribution is -2.23. The minimum absolute atomic E-state index is 0.183. The summed E-state index contributed by atoms with van der Waals surface area (Å²) >= 11 is 0. The molecule has 0 aliphatic carbocycles.